The zero-order valence-electron chi connectivity index (χ0n) is 22.6. The van der Waals surface area contributed by atoms with Crippen LogP contribution in [0.5, 0.6) is 0 Å². The summed E-state index contributed by atoms with van der Waals surface area (Å²) in [6.45, 7) is 0. The number of nitrogens with zero attached hydrogens (tertiary/aromatic N) is 3. The molecule has 10 aromatic rings. The van der Waals surface area contributed by atoms with Crippen molar-refractivity contribution in [3.63, 3.8) is 0 Å². The van der Waals surface area contributed by atoms with E-state index in [0.717, 1.165) is 27.9 Å². The number of imidazole rings is 1. The highest BCUT2D eigenvalue weighted by Crippen LogP contribution is 2.40. The van der Waals surface area contributed by atoms with E-state index < -0.39 is 0 Å². The Morgan fingerprint density at radius 1 is 0.405 bits per heavy atom. The molecule has 0 fully saturated rings. The highest BCUT2D eigenvalue weighted by Gasteiger charge is 2.20. The van der Waals surface area contributed by atoms with E-state index in [9.17, 15) is 0 Å². The zero-order chi connectivity index (χ0) is 27.4. The predicted octanol–water partition coefficient (Wildman–Crippen LogP) is 10.2. The van der Waals surface area contributed by atoms with Crippen molar-refractivity contribution in [1.29, 1.82) is 0 Å². The molecule has 0 unspecified atom stereocenters. The molecule has 0 spiro atoms. The fourth-order valence-electron chi connectivity index (χ4n) is 7.23. The highest BCUT2D eigenvalue weighted by atomic mass is 15.1. The van der Waals surface area contributed by atoms with Gasteiger partial charge in [-0.1, -0.05) is 103 Å². The quantitative estimate of drug-likeness (QED) is 0.192. The van der Waals surface area contributed by atoms with E-state index >= 15 is 0 Å². The van der Waals surface area contributed by atoms with Crippen molar-refractivity contribution in [2.45, 2.75) is 0 Å². The fraction of sp³-hybridized carbons (Fsp3) is 0. The maximum absolute atomic E-state index is 5.45. The number of aromatic nitrogens is 3. The van der Waals surface area contributed by atoms with Gasteiger partial charge in [-0.3, -0.25) is 4.40 Å². The van der Waals surface area contributed by atoms with Crippen molar-refractivity contribution in [2.24, 2.45) is 0 Å². The summed E-state index contributed by atoms with van der Waals surface area (Å²) in [5.41, 5.74) is 7.78. The standard InChI is InChI=1S/C39H23N3/c1-2-10-27-24(9-1)17-18-25-23-26(19-20-28(25)27)41-34-15-7-6-13-31(34)32-21-22-36-37(38(32)41)40-39-33-14-4-3-11-29(33)30-12-5-8-16-35(30)42(36)39/h1-23H. The molecular formula is C39H23N3. The summed E-state index contributed by atoms with van der Waals surface area (Å²) >= 11 is 0. The second-order valence-corrected chi connectivity index (χ2v) is 11.2. The third-order valence-electron chi connectivity index (χ3n) is 9.05. The average molecular weight is 534 g/mol. The summed E-state index contributed by atoms with van der Waals surface area (Å²) in [7, 11) is 0. The Labute approximate surface area is 240 Å². The minimum absolute atomic E-state index is 0.994. The number of benzene rings is 7. The molecule has 3 aromatic heterocycles. The molecule has 0 aliphatic carbocycles. The molecule has 0 saturated carbocycles. The van der Waals surface area contributed by atoms with Crippen LogP contribution in [0.3, 0.4) is 0 Å². The number of fused-ring (bicyclic) bond motifs is 15. The van der Waals surface area contributed by atoms with Crippen molar-refractivity contribution in [1.82, 2.24) is 14.0 Å². The van der Waals surface area contributed by atoms with Crippen molar-refractivity contribution in [3.8, 4) is 5.69 Å². The van der Waals surface area contributed by atoms with Crippen LogP contribution in [-0.4, -0.2) is 14.0 Å². The second-order valence-electron chi connectivity index (χ2n) is 11.2. The summed E-state index contributed by atoms with van der Waals surface area (Å²) in [4.78, 5) is 5.45. The molecule has 3 nitrogen and oxygen atoms in total. The second kappa shape index (κ2) is 7.96. The lowest BCUT2D eigenvalue weighted by atomic mass is 10.0. The first kappa shape index (κ1) is 22.1. The Morgan fingerprint density at radius 2 is 1.02 bits per heavy atom. The van der Waals surface area contributed by atoms with Crippen LogP contribution in [0.25, 0.3) is 87.4 Å². The van der Waals surface area contributed by atoms with E-state index in [4.69, 9.17) is 4.98 Å². The van der Waals surface area contributed by atoms with Crippen LogP contribution in [0.15, 0.2) is 140 Å². The van der Waals surface area contributed by atoms with Crippen LogP contribution in [0.1, 0.15) is 0 Å². The maximum atomic E-state index is 5.45. The molecule has 0 aliphatic rings. The average Bonchev–Trinajstić information content (AvgIpc) is 3.61. The molecule has 0 saturated heterocycles. The van der Waals surface area contributed by atoms with Gasteiger partial charge in [0.15, 0.2) is 0 Å². The smallest absolute Gasteiger partial charge is 0.146 e. The summed E-state index contributed by atoms with van der Waals surface area (Å²) < 4.78 is 4.76. The van der Waals surface area contributed by atoms with E-state index in [0.29, 0.717) is 0 Å². The summed E-state index contributed by atoms with van der Waals surface area (Å²) in [5, 5.41) is 11.1. The Bertz CT molecular complexity index is 2740. The van der Waals surface area contributed by atoms with Gasteiger partial charge in [0, 0.05) is 27.2 Å². The van der Waals surface area contributed by atoms with Crippen LogP contribution in [-0.2, 0) is 0 Å². The van der Waals surface area contributed by atoms with Crippen molar-refractivity contribution < 1.29 is 0 Å². The molecule has 0 aliphatic heterocycles. The van der Waals surface area contributed by atoms with E-state index in [-0.39, 0.29) is 0 Å². The van der Waals surface area contributed by atoms with E-state index in [1.54, 1.807) is 0 Å². The van der Waals surface area contributed by atoms with Gasteiger partial charge in [-0.15, -0.1) is 0 Å². The van der Waals surface area contributed by atoms with Gasteiger partial charge in [-0.05, 0) is 63.3 Å². The molecule has 0 radical (unpaired) electrons. The monoisotopic (exact) mass is 533 g/mol. The first-order chi connectivity index (χ1) is 20.8. The lowest BCUT2D eigenvalue weighted by Crippen LogP contribution is -1.95. The van der Waals surface area contributed by atoms with Crippen LogP contribution in [0.2, 0.25) is 0 Å². The predicted molar refractivity (Wildman–Crippen MR) is 177 cm³/mol. The van der Waals surface area contributed by atoms with Gasteiger partial charge < -0.3 is 4.57 Å². The number of rotatable bonds is 1. The number of hydrogen-bond donors (Lipinski definition) is 0. The van der Waals surface area contributed by atoms with Crippen LogP contribution in [0, 0.1) is 0 Å². The Hall–Kier alpha value is -5.67. The lowest BCUT2D eigenvalue weighted by molar-refractivity contribution is 1.19. The van der Waals surface area contributed by atoms with Crippen molar-refractivity contribution >= 4 is 81.7 Å². The summed E-state index contributed by atoms with van der Waals surface area (Å²) in [6.07, 6.45) is 0. The van der Waals surface area contributed by atoms with Gasteiger partial charge in [0.1, 0.15) is 11.2 Å². The Balaban J connectivity index is 1.39. The van der Waals surface area contributed by atoms with Crippen LogP contribution >= 0.6 is 0 Å². The SMILES string of the molecule is c1ccc2c(c1)ccc1cc(-n3c4ccccc4c4ccc5c(nc6c7ccccc7c7ccccc7n56)c43)ccc12. The number of pyridine rings is 1. The van der Waals surface area contributed by atoms with Gasteiger partial charge in [0.05, 0.1) is 22.1 Å². The third kappa shape index (κ3) is 2.77. The third-order valence-corrected chi connectivity index (χ3v) is 9.05. The molecule has 0 atom stereocenters. The minimum atomic E-state index is 0.994. The lowest BCUT2D eigenvalue weighted by Gasteiger charge is -2.11. The first-order valence-corrected chi connectivity index (χ1v) is 14.4. The topological polar surface area (TPSA) is 22.2 Å². The molecule has 0 bridgehead atoms. The number of para-hydroxylation sites is 2. The summed E-state index contributed by atoms with van der Waals surface area (Å²) in [6, 6.07) is 50.5. The fourth-order valence-corrected chi connectivity index (χ4v) is 7.23. The van der Waals surface area contributed by atoms with E-state index in [1.807, 2.05) is 0 Å². The summed E-state index contributed by atoms with van der Waals surface area (Å²) in [5.74, 6) is 0. The van der Waals surface area contributed by atoms with Gasteiger partial charge in [0.2, 0.25) is 0 Å². The van der Waals surface area contributed by atoms with Gasteiger partial charge in [0.25, 0.3) is 0 Å². The highest BCUT2D eigenvalue weighted by molar-refractivity contribution is 6.20. The van der Waals surface area contributed by atoms with Gasteiger partial charge in [-0.25, -0.2) is 4.98 Å². The molecular weight excluding hydrogens is 510 g/mol. The maximum Gasteiger partial charge on any atom is 0.146 e. The van der Waals surface area contributed by atoms with Crippen LogP contribution < -0.4 is 0 Å². The number of hydrogen-bond acceptors (Lipinski definition) is 1. The van der Waals surface area contributed by atoms with E-state index in [2.05, 4.69) is 148 Å². The van der Waals surface area contributed by atoms with Gasteiger partial charge in [-0.2, -0.15) is 0 Å². The molecule has 42 heavy (non-hydrogen) atoms. The first-order valence-electron chi connectivity index (χ1n) is 14.4. The molecule has 3 heteroatoms. The largest absolute Gasteiger partial charge is 0.307 e. The molecule has 10 rings (SSSR count). The van der Waals surface area contributed by atoms with Crippen LogP contribution in [0.4, 0.5) is 0 Å². The van der Waals surface area contributed by atoms with Crippen molar-refractivity contribution in [2.75, 3.05) is 0 Å². The Morgan fingerprint density at radius 3 is 1.88 bits per heavy atom. The van der Waals surface area contributed by atoms with Gasteiger partial charge >= 0.3 is 0 Å². The zero-order valence-corrected chi connectivity index (χ0v) is 22.6. The molecule has 3 heterocycles. The van der Waals surface area contributed by atoms with E-state index in [1.165, 1.54) is 59.5 Å². The molecule has 7 aromatic carbocycles. The minimum Gasteiger partial charge on any atom is -0.307 e. The van der Waals surface area contributed by atoms with Crippen molar-refractivity contribution in [3.05, 3.63) is 140 Å². The Kier molecular flexibility index (Phi) is 4.18. The normalized spacial score (nSPS) is 12.3. The molecule has 194 valence electrons. The molecule has 0 N–H and O–H groups in total. The molecule has 0 amide bonds.